The van der Waals surface area contributed by atoms with Gasteiger partial charge in [-0.25, -0.2) is 0 Å². The fourth-order valence-corrected chi connectivity index (χ4v) is 0.344. The van der Waals surface area contributed by atoms with Crippen molar-refractivity contribution in [3.8, 4) is 5.40 Å². The Morgan fingerprint density at radius 3 is 2.62 bits per heavy atom. The zero-order chi connectivity index (χ0) is 5.70. The van der Waals surface area contributed by atoms with E-state index >= 15 is 0 Å². The van der Waals surface area contributed by atoms with Crippen molar-refractivity contribution < 1.29 is 52.8 Å². The Morgan fingerprint density at radius 2 is 2.50 bits per heavy atom. The molecule has 0 aliphatic heterocycles. The molecular weight excluding hydrogens is 169 g/mol. The number of nitrogens with two attached hydrogens (primary N) is 1. The summed E-state index contributed by atoms with van der Waals surface area (Å²) in [6.45, 7) is 0. The van der Waals surface area contributed by atoms with Gasteiger partial charge in [-0.05, 0) is 12.2 Å². The maximum absolute atomic E-state index is 7.85. The summed E-state index contributed by atoms with van der Waals surface area (Å²) in [5.41, 5.74) is 4.93. The normalized spacial score (nSPS) is 5.88. The van der Waals surface area contributed by atoms with E-state index in [2.05, 4.69) is 16.9 Å². The third-order valence-electron chi connectivity index (χ3n) is 0.197. The van der Waals surface area contributed by atoms with Crippen LogP contribution in [0.3, 0.4) is 0 Å². The molecule has 0 aliphatic carbocycles. The average molecular weight is 173 g/mol. The first-order valence-electron chi connectivity index (χ1n) is 1.37. The zero-order valence-corrected chi connectivity index (χ0v) is 9.10. The van der Waals surface area contributed by atoms with Gasteiger partial charge < -0.3 is 7.16 Å². The quantitative estimate of drug-likeness (QED) is 0.192. The summed E-state index contributed by atoms with van der Waals surface area (Å²) in [4.78, 5) is 0. The minimum absolute atomic E-state index is 0. The topological polar surface area (TPSA) is 61.8 Å². The smallest absolute Gasteiger partial charge is 1.00 e. The molecule has 0 unspecified atom stereocenters. The third-order valence-corrected chi connectivity index (χ3v) is 0.842. The summed E-state index contributed by atoms with van der Waals surface area (Å²) in [5, 5.41) is 9.72. The van der Waals surface area contributed by atoms with E-state index in [1.54, 1.807) is 5.40 Å². The van der Waals surface area contributed by atoms with Crippen LogP contribution in [-0.4, -0.2) is 5.11 Å². The second-order valence-corrected chi connectivity index (χ2v) is 1.69. The van der Waals surface area contributed by atoms with Crippen molar-refractivity contribution in [2.75, 3.05) is 0 Å². The van der Waals surface area contributed by atoms with Gasteiger partial charge >= 0.3 is 51.4 Å². The number of nitrogens with zero attached hydrogens (tertiary/aromatic N) is 1. The summed E-state index contributed by atoms with van der Waals surface area (Å²) in [6, 6.07) is 0. The Morgan fingerprint density at radius 1 is 2.00 bits per heavy atom. The molecule has 0 aromatic rings. The molecule has 0 fully saturated rings. The van der Waals surface area contributed by atoms with Crippen LogP contribution in [0.25, 0.3) is 0 Å². The molecule has 3 N–H and O–H groups in total. The van der Waals surface area contributed by atoms with Crippen LogP contribution in [0.15, 0.2) is 0 Å². The van der Waals surface area contributed by atoms with Crippen molar-refractivity contribution in [3.63, 3.8) is 0 Å². The van der Waals surface area contributed by atoms with Crippen LogP contribution in [0.4, 0.5) is 0 Å². The maximum atomic E-state index is 7.85. The molecule has 0 amide bonds. The summed E-state index contributed by atoms with van der Waals surface area (Å²) in [7, 11) is 0. The van der Waals surface area contributed by atoms with Gasteiger partial charge in [-0.3, -0.25) is 4.72 Å². The Hall–Kier alpha value is 1.17. The van der Waals surface area contributed by atoms with Gasteiger partial charge in [-0.15, -0.1) is 0 Å². The molecule has 40 valence electrons. The second kappa shape index (κ2) is 8.17. The number of thiocyanates is 1. The molecule has 0 bridgehead atoms. The van der Waals surface area contributed by atoms with Crippen LogP contribution in [0, 0.1) is 10.7 Å². The van der Waals surface area contributed by atoms with E-state index in [0.717, 1.165) is 11.9 Å². The number of hydrogen-bond acceptors (Lipinski definition) is 3. The van der Waals surface area contributed by atoms with Gasteiger partial charge in [-0.2, -0.15) is 5.26 Å². The number of hydrogen-bond donors (Lipinski definition) is 2. The van der Waals surface area contributed by atoms with Gasteiger partial charge in [-0.1, -0.05) is 0 Å². The molecule has 8 heavy (non-hydrogen) atoms. The fraction of sp³-hybridized carbons (Fsp3) is 0. The second-order valence-electron chi connectivity index (χ2n) is 0.660. The van der Waals surface area contributed by atoms with Crippen molar-refractivity contribution in [3.05, 3.63) is 0 Å². The molecule has 3 nitrogen and oxygen atoms in total. The molecule has 0 spiro atoms. The van der Waals surface area contributed by atoms with Crippen LogP contribution in [0.5, 0.6) is 0 Å². The predicted octanol–water partition coefficient (Wildman–Crippen LogP) is -2.93. The van der Waals surface area contributed by atoms with Crippen LogP contribution >= 0.6 is 24.2 Å². The summed E-state index contributed by atoms with van der Waals surface area (Å²) in [5.74, 6) is 0. The molecule has 0 radical (unpaired) electrons. The van der Waals surface area contributed by atoms with E-state index in [9.17, 15) is 0 Å². The van der Waals surface area contributed by atoms with E-state index in [1.807, 2.05) is 0 Å². The molecule has 0 rings (SSSR count). The Labute approximate surface area is 101 Å². The number of thiocarbonyl (C=S) groups is 1. The van der Waals surface area contributed by atoms with E-state index in [0.29, 0.717) is 0 Å². The van der Waals surface area contributed by atoms with Crippen LogP contribution in [0.2, 0.25) is 0 Å². The molecule has 0 saturated carbocycles. The fourth-order valence-electron chi connectivity index (χ4n) is 0.0731. The van der Waals surface area contributed by atoms with Gasteiger partial charge in [0.1, 0.15) is 0 Å². The van der Waals surface area contributed by atoms with Gasteiger partial charge in [0.15, 0.2) is 10.5 Å². The predicted molar refractivity (Wildman–Crippen MR) is 34.2 cm³/mol. The zero-order valence-electron chi connectivity index (χ0n) is 5.34. The van der Waals surface area contributed by atoms with Gasteiger partial charge in [0, 0.05) is 0 Å². The molecule has 6 heteroatoms. The number of rotatable bonds is 1. The van der Waals surface area contributed by atoms with Crippen LogP contribution in [0.1, 0.15) is 1.43 Å². The largest absolute Gasteiger partial charge is 1.00 e. The Balaban J connectivity index is -0.000000180. The number of nitriles is 1. The Bertz CT molecular complexity index is 113. The van der Waals surface area contributed by atoms with Crippen LogP contribution < -0.4 is 61.8 Å². The van der Waals surface area contributed by atoms with Gasteiger partial charge in [0.25, 0.3) is 0 Å². The number of nitrogens with one attached hydrogen (secondary N) is 1. The van der Waals surface area contributed by atoms with E-state index in [1.165, 1.54) is 0 Å². The Kier molecular flexibility index (Phi) is 12.2. The third kappa shape index (κ3) is 10.2. The molecule has 0 saturated heterocycles. The molecule has 0 aromatic heterocycles. The monoisotopic (exact) mass is 173 g/mol. The summed E-state index contributed by atoms with van der Waals surface area (Å²) in [6.07, 6.45) is 0. The maximum Gasteiger partial charge on any atom is 1.00 e. The molecule has 0 atom stereocenters. The standard InChI is InChI=1S/C2H3N3S2.K.H/c3-1-7-5-2(4)6;;/h(H3,4,5,6);;/q;+1;-1. The van der Waals surface area contributed by atoms with Gasteiger partial charge in [0.2, 0.25) is 0 Å². The SMILES string of the molecule is N#CSNC(N)=S.[H-].[K+]. The minimum Gasteiger partial charge on any atom is -1.00 e. The first kappa shape index (κ1) is 11.9. The van der Waals surface area contributed by atoms with E-state index < -0.39 is 0 Å². The first-order valence-corrected chi connectivity index (χ1v) is 2.60. The molecule has 0 aromatic carbocycles. The molecular formula is C2H4KN3S2. The van der Waals surface area contributed by atoms with Crippen molar-refractivity contribution in [1.29, 1.82) is 5.26 Å². The van der Waals surface area contributed by atoms with Crippen molar-refractivity contribution in [1.82, 2.24) is 4.72 Å². The minimum atomic E-state index is 0. The van der Waals surface area contributed by atoms with Crippen molar-refractivity contribution in [2.24, 2.45) is 5.73 Å². The van der Waals surface area contributed by atoms with Crippen molar-refractivity contribution in [2.45, 2.75) is 0 Å². The van der Waals surface area contributed by atoms with E-state index in [4.69, 9.17) is 11.0 Å². The van der Waals surface area contributed by atoms with Crippen molar-refractivity contribution >= 4 is 29.3 Å². The average Bonchev–Trinajstić information content (AvgIpc) is 1.61. The molecule has 0 aliphatic rings. The first-order chi connectivity index (χ1) is 3.27. The molecule has 0 heterocycles. The summed E-state index contributed by atoms with van der Waals surface area (Å²) >= 11 is 5.16. The van der Waals surface area contributed by atoms with Gasteiger partial charge in [0.05, 0.1) is 11.9 Å². The van der Waals surface area contributed by atoms with Crippen LogP contribution in [-0.2, 0) is 0 Å². The van der Waals surface area contributed by atoms with E-state index in [-0.39, 0.29) is 57.9 Å². The summed E-state index contributed by atoms with van der Waals surface area (Å²) < 4.78 is 2.36.